The molecule has 0 N–H and O–H groups in total. The molecule has 1 fully saturated rings. The Hall–Kier alpha value is -2.43. The molecule has 0 aromatic heterocycles. The standard InChI is InChI=1S/C19H22N2O3/c1-2-20(12-14-8-4-3-5-9-14)17(22)13-21-18(23)15-10-6-7-11-16(15)19(21)24/h3-9,15-16H,2,10-13H2,1H3/t15-,16-/m1/s1. The number of benzene rings is 1. The van der Waals surface area contributed by atoms with Gasteiger partial charge in [0.1, 0.15) is 6.54 Å². The Morgan fingerprint density at radius 1 is 1.08 bits per heavy atom. The van der Waals surface area contributed by atoms with Crippen LogP contribution in [0.25, 0.3) is 0 Å². The van der Waals surface area contributed by atoms with Crippen LogP contribution in [0.1, 0.15) is 25.3 Å². The van der Waals surface area contributed by atoms with Crippen LogP contribution in [-0.2, 0) is 20.9 Å². The molecule has 3 rings (SSSR count). The molecule has 1 aromatic carbocycles. The van der Waals surface area contributed by atoms with Crippen molar-refractivity contribution in [1.82, 2.24) is 9.80 Å². The minimum atomic E-state index is -0.278. The maximum absolute atomic E-state index is 12.6. The van der Waals surface area contributed by atoms with Crippen LogP contribution in [0.15, 0.2) is 42.5 Å². The molecule has 1 aliphatic carbocycles. The van der Waals surface area contributed by atoms with E-state index < -0.39 is 0 Å². The van der Waals surface area contributed by atoms with E-state index in [9.17, 15) is 14.4 Å². The second-order valence-electron chi connectivity index (χ2n) is 6.31. The van der Waals surface area contributed by atoms with Crippen LogP contribution in [0, 0.1) is 11.8 Å². The summed E-state index contributed by atoms with van der Waals surface area (Å²) in [5.74, 6) is -1.13. The van der Waals surface area contributed by atoms with E-state index >= 15 is 0 Å². The smallest absolute Gasteiger partial charge is 0.243 e. The SMILES string of the molecule is CCN(Cc1ccccc1)C(=O)CN1C(=O)[C@@H]2CC=CC[C@H]2C1=O. The molecule has 0 unspecified atom stereocenters. The van der Waals surface area contributed by atoms with Crippen LogP contribution in [-0.4, -0.2) is 40.6 Å². The lowest BCUT2D eigenvalue weighted by atomic mass is 9.85. The van der Waals surface area contributed by atoms with Gasteiger partial charge < -0.3 is 4.90 Å². The molecule has 126 valence electrons. The number of allylic oxidation sites excluding steroid dienone is 2. The quantitative estimate of drug-likeness (QED) is 0.614. The minimum Gasteiger partial charge on any atom is -0.337 e. The number of imide groups is 1. The third-order valence-corrected chi connectivity index (χ3v) is 4.84. The molecule has 1 aromatic rings. The maximum atomic E-state index is 12.6. The van der Waals surface area contributed by atoms with E-state index in [0.29, 0.717) is 25.9 Å². The number of nitrogens with zero attached hydrogens (tertiary/aromatic N) is 2. The molecule has 3 amide bonds. The fourth-order valence-corrected chi connectivity index (χ4v) is 3.44. The number of rotatable bonds is 5. The number of hydrogen-bond donors (Lipinski definition) is 0. The summed E-state index contributed by atoms with van der Waals surface area (Å²) in [4.78, 5) is 40.3. The lowest BCUT2D eigenvalue weighted by molar-refractivity contribution is -0.146. The van der Waals surface area contributed by atoms with E-state index in [1.165, 1.54) is 0 Å². The van der Waals surface area contributed by atoms with Crippen molar-refractivity contribution in [3.8, 4) is 0 Å². The van der Waals surface area contributed by atoms with Crippen molar-refractivity contribution in [3.05, 3.63) is 48.0 Å². The summed E-state index contributed by atoms with van der Waals surface area (Å²) in [7, 11) is 0. The van der Waals surface area contributed by atoms with Gasteiger partial charge >= 0.3 is 0 Å². The molecule has 0 bridgehead atoms. The Morgan fingerprint density at radius 2 is 1.67 bits per heavy atom. The van der Waals surface area contributed by atoms with Crippen molar-refractivity contribution in [2.75, 3.05) is 13.1 Å². The second-order valence-corrected chi connectivity index (χ2v) is 6.31. The van der Waals surface area contributed by atoms with Crippen molar-refractivity contribution in [2.24, 2.45) is 11.8 Å². The lowest BCUT2D eigenvalue weighted by Crippen LogP contribution is -2.42. The van der Waals surface area contributed by atoms with E-state index in [1.807, 2.05) is 49.4 Å². The van der Waals surface area contributed by atoms with E-state index in [1.54, 1.807) is 4.90 Å². The zero-order chi connectivity index (χ0) is 17.1. The molecular weight excluding hydrogens is 304 g/mol. The number of carbonyl (C=O) groups is 3. The number of amides is 3. The van der Waals surface area contributed by atoms with E-state index in [-0.39, 0.29) is 36.1 Å². The second kappa shape index (κ2) is 6.99. The number of carbonyl (C=O) groups excluding carboxylic acids is 3. The van der Waals surface area contributed by atoms with Crippen molar-refractivity contribution < 1.29 is 14.4 Å². The van der Waals surface area contributed by atoms with E-state index in [4.69, 9.17) is 0 Å². The molecule has 24 heavy (non-hydrogen) atoms. The normalized spacial score (nSPS) is 22.6. The number of fused-ring (bicyclic) bond motifs is 1. The molecule has 5 heteroatoms. The summed E-state index contributed by atoms with van der Waals surface area (Å²) in [5, 5.41) is 0. The molecular formula is C19H22N2O3. The highest BCUT2D eigenvalue weighted by Gasteiger charge is 2.47. The molecule has 0 radical (unpaired) electrons. The van der Waals surface area contributed by atoms with Crippen molar-refractivity contribution in [3.63, 3.8) is 0 Å². The zero-order valence-corrected chi connectivity index (χ0v) is 13.9. The van der Waals surface area contributed by atoms with Crippen LogP contribution < -0.4 is 0 Å². The topological polar surface area (TPSA) is 57.7 Å². The summed E-state index contributed by atoms with van der Waals surface area (Å²) in [6.07, 6.45) is 5.10. The van der Waals surface area contributed by atoms with Gasteiger partial charge in [-0.2, -0.15) is 0 Å². The average Bonchev–Trinajstić information content (AvgIpc) is 2.86. The first-order valence-corrected chi connectivity index (χ1v) is 8.43. The molecule has 1 saturated heterocycles. The van der Waals surface area contributed by atoms with Crippen LogP contribution >= 0.6 is 0 Å². The fourth-order valence-electron chi connectivity index (χ4n) is 3.44. The molecule has 1 heterocycles. The Balaban J connectivity index is 1.67. The van der Waals surface area contributed by atoms with E-state index in [0.717, 1.165) is 10.5 Å². The average molecular weight is 326 g/mol. The Labute approximate surface area is 141 Å². The maximum Gasteiger partial charge on any atom is 0.243 e. The Bertz CT molecular complexity index is 642. The number of likely N-dealkylation sites (N-methyl/N-ethyl adjacent to an activating group) is 1. The van der Waals surface area contributed by atoms with Gasteiger partial charge in [-0.05, 0) is 25.3 Å². The van der Waals surface area contributed by atoms with Crippen LogP contribution in [0.2, 0.25) is 0 Å². The molecule has 1 aliphatic heterocycles. The van der Waals surface area contributed by atoms with Crippen molar-refractivity contribution in [2.45, 2.75) is 26.3 Å². The van der Waals surface area contributed by atoms with Gasteiger partial charge in [-0.3, -0.25) is 19.3 Å². The Morgan fingerprint density at radius 3 is 2.21 bits per heavy atom. The highest BCUT2D eigenvalue weighted by Crippen LogP contribution is 2.34. The van der Waals surface area contributed by atoms with Gasteiger partial charge in [-0.1, -0.05) is 42.5 Å². The molecule has 2 aliphatic rings. The molecule has 2 atom stereocenters. The summed E-state index contributed by atoms with van der Waals surface area (Å²) in [5.41, 5.74) is 1.03. The molecule has 0 spiro atoms. The van der Waals surface area contributed by atoms with E-state index in [2.05, 4.69) is 0 Å². The summed E-state index contributed by atoms with van der Waals surface area (Å²) >= 11 is 0. The van der Waals surface area contributed by atoms with Crippen molar-refractivity contribution in [1.29, 1.82) is 0 Å². The van der Waals surface area contributed by atoms with Gasteiger partial charge in [-0.15, -0.1) is 0 Å². The molecule has 5 nitrogen and oxygen atoms in total. The molecule has 0 saturated carbocycles. The lowest BCUT2D eigenvalue weighted by Gasteiger charge is -2.24. The van der Waals surface area contributed by atoms with Crippen molar-refractivity contribution >= 4 is 17.7 Å². The third-order valence-electron chi connectivity index (χ3n) is 4.84. The van der Waals surface area contributed by atoms with Gasteiger partial charge in [0, 0.05) is 13.1 Å². The highest BCUT2D eigenvalue weighted by atomic mass is 16.2. The first-order valence-electron chi connectivity index (χ1n) is 8.43. The number of likely N-dealkylation sites (tertiary alicyclic amines) is 1. The van der Waals surface area contributed by atoms with Crippen LogP contribution in [0.3, 0.4) is 0 Å². The van der Waals surface area contributed by atoms with Gasteiger partial charge in [0.15, 0.2) is 0 Å². The third kappa shape index (κ3) is 3.11. The largest absolute Gasteiger partial charge is 0.337 e. The first kappa shape index (κ1) is 16.4. The van der Waals surface area contributed by atoms with Gasteiger partial charge in [-0.25, -0.2) is 0 Å². The number of hydrogen-bond acceptors (Lipinski definition) is 3. The zero-order valence-electron chi connectivity index (χ0n) is 13.9. The summed E-state index contributed by atoms with van der Waals surface area (Å²) in [6.45, 7) is 2.78. The van der Waals surface area contributed by atoms with Crippen LogP contribution in [0.5, 0.6) is 0 Å². The summed E-state index contributed by atoms with van der Waals surface area (Å²) in [6, 6.07) is 9.71. The summed E-state index contributed by atoms with van der Waals surface area (Å²) < 4.78 is 0. The highest BCUT2D eigenvalue weighted by molar-refractivity contribution is 6.07. The monoisotopic (exact) mass is 326 g/mol. The predicted octanol–water partition coefficient (Wildman–Crippen LogP) is 1.99. The first-order chi connectivity index (χ1) is 11.6. The predicted molar refractivity (Wildman–Crippen MR) is 89.6 cm³/mol. The minimum absolute atomic E-state index is 0.147. The fraction of sp³-hybridized carbons (Fsp3) is 0.421. The Kier molecular flexibility index (Phi) is 4.79. The van der Waals surface area contributed by atoms with Gasteiger partial charge in [0.2, 0.25) is 17.7 Å². The van der Waals surface area contributed by atoms with Gasteiger partial charge in [0.25, 0.3) is 0 Å². The van der Waals surface area contributed by atoms with Crippen LogP contribution in [0.4, 0.5) is 0 Å². The van der Waals surface area contributed by atoms with Gasteiger partial charge in [0.05, 0.1) is 11.8 Å².